The summed E-state index contributed by atoms with van der Waals surface area (Å²) >= 11 is 12.4. The number of hydrogen-bond donors (Lipinski definition) is 0. The van der Waals surface area contributed by atoms with Gasteiger partial charge in [0.05, 0.1) is 17.0 Å². The summed E-state index contributed by atoms with van der Waals surface area (Å²) in [5.41, 5.74) is 2.47. The summed E-state index contributed by atoms with van der Waals surface area (Å²) < 4.78 is 35.3. The average Bonchev–Trinajstić information content (AvgIpc) is 3.24. The fraction of sp³-hybridized carbons (Fsp3) is 0.250. The minimum Gasteiger partial charge on any atom is -0.495 e. The van der Waals surface area contributed by atoms with Crippen LogP contribution in [0.1, 0.15) is 18.9 Å². The van der Waals surface area contributed by atoms with Crippen LogP contribution in [0.2, 0.25) is 10.0 Å². The van der Waals surface area contributed by atoms with E-state index >= 15 is 0 Å². The van der Waals surface area contributed by atoms with Crippen LogP contribution in [0.5, 0.6) is 5.75 Å². The number of hydrogen-bond acceptors (Lipinski definition) is 5. The number of fused-ring (bicyclic) bond motifs is 1. The Morgan fingerprint density at radius 3 is 2.53 bits per heavy atom. The quantitative estimate of drug-likeness (QED) is 0.353. The third-order valence-corrected chi connectivity index (χ3v) is 8.51. The Hall–Kier alpha value is -2.65. The van der Waals surface area contributed by atoms with E-state index < -0.39 is 10.0 Å². The van der Waals surface area contributed by atoms with Crippen molar-refractivity contribution in [3.8, 4) is 17.1 Å². The number of nitrogens with zero attached hydrogens (tertiary/aromatic N) is 4. The molecule has 7 nitrogen and oxygen atoms in total. The number of rotatable bonds is 5. The molecule has 5 rings (SSSR count). The molecule has 1 saturated heterocycles. The third-order valence-electron chi connectivity index (χ3n) is 6.08. The van der Waals surface area contributed by atoms with E-state index in [1.165, 1.54) is 23.5 Å². The lowest BCUT2D eigenvalue weighted by Gasteiger charge is -2.32. The van der Waals surface area contributed by atoms with E-state index in [-0.39, 0.29) is 16.0 Å². The molecule has 0 spiro atoms. The number of benzene rings is 2. The fourth-order valence-corrected chi connectivity index (χ4v) is 6.41. The number of sulfonamides is 1. The zero-order valence-electron chi connectivity index (χ0n) is 18.4. The van der Waals surface area contributed by atoms with Gasteiger partial charge in [0.1, 0.15) is 17.1 Å². The summed E-state index contributed by atoms with van der Waals surface area (Å²) in [4.78, 5) is 9.56. The number of ether oxygens (including phenoxy) is 1. The predicted octanol–water partition coefficient (Wildman–Crippen LogP) is 5.44. The van der Waals surface area contributed by atoms with Crippen molar-refractivity contribution in [3.63, 3.8) is 0 Å². The first-order chi connectivity index (χ1) is 16.4. The van der Waals surface area contributed by atoms with Crippen LogP contribution in [0.4, 0.5) is 0 Å². The zero-order valence-corrected chi connectivity index (χ0v) is 20.7. The topological polar surface area (TPSA) is 77.3 Å². The number of imidazole rings is 1. The molecule has 1 aliphatic heterocycles. The van der Waals surface area contributed by atoms with Crippen LogP contribution < -0.4 is 4.74 Å². The normalized spacial score (nSPS) is 15.6. The van der Waals surface area contributed by atoms with Gasteiger partial charge in [0, 0.05) is 35.9 Å². The maximum atomic E-state index is 13.3. The Bertz CT molecular complexity index is 1460. The summed E-state index contributed by atoms with van der Waals surface area (Å²) in [5.74, 6) is 1.21. The van der Waals surface area contributed by atoms with Crippen molar-refractivity contribution in [3.05, 3.63) is 70.8 Å². The molecule has 0 atom stereocenters. The summed E-state index contributed by atoms with van der Waals surface area (Å²) in [6.45, 7) is 0.746. The molecule has 0 unspecified atom stereocenters. The Morgan fingerprint density at radius 1 is 1.03 bits per heavy atom. The van der Waals surface area contributed by atoms with Crippen LogP contribution in [0.25, 0.3) is 22.6 Å². The Kier molecular flexibility index (Phi) is 6.24. The van der Waals surface area contributed by atoms with E-state index in [4.69, 9.17) is 32.9 Å². The van der Waals surface area contributed by atoms with E-state index in [2.05, 4.69) is 9.55 Å². The van der Waals surface area contributed by atoms with Gasteiger partial charge in [0.25, 0.3) is 0 Å². The Balaban J connectivity index is 1.45. The number of aromatic nitrogens is 3. The lowest BCUT2D eigenvalue weighted by molar-refractivity contribution is 0.278. The second kappa shape index (κ2) is 9.19. The molecule has 0 saturated carbocycles. The molecule has 1 fully saturated rings. The lowest BCUT2D eigenvalue weighted by Crippen LogP contribution is -2.39. The fourth-order valence-electron chi connectivity index (χ4n) is 4.40. The van der Waals surface area contributed by atoms with Gasteiger partial charge in [-0.3, -0.25) is 0 Å². The maximum absolute atomic E-state index is 13.3. The minimum absolute atomic E-state index is 0.0415. The van der Waals surface area contributed by atoms with Crippen molar-refractivity contribution in [2.45, 2.75) is 23.8 Å². The first-order valence-electron chi connectivity index (χ1n) is 10.8. The molecule has 0 amide bonds. The van der Waals surface area contributed by atoms with Crippen LogP contribution in [0, 0.1) is 0 Å². The highest BCUT2D eigenvalue weighted by Gasteiger charge is 2.32. The van der Waals surface area contributed by atoms with Crippen molar-refractivity contribution in [1.29, 1.82) is 0 Å². The molecule has 176 valence electrons. The summed E-state index contributed by atoms with van der Waals surface area (Å²) in [5, 5.41) is 0.892. The van der Waals surface area contributed by atoms with Gasteiger partial charge in [-0.05, 0) is 55.3 Å². The Labute approximate surface area is 208 Å². The molecule has 0 N–H and O–H groups in total. The van der Waals surface area contributed by atoms with Gasteiger partial charge in [0.15, 0.2) is 5.65 Å². The SMILES string of the molecule is COc1ccc(S(=O)(=O)N2CCC(n3c(-c4cccc(Cl)c4)nc4cccnc43)CC2)cc1Cl. The highest BCUT2D eigenvalue weighted by molar-refractivity contribution is 7.89. The largest absolute Gasteiger partial charge is 0.495 e. The molecule has 4 aromatic rings. The molecule has 2 aromatic heterocycles. The van der Waals surface area contributed by atoms with Crippen LogP contribution in [-0.2, 0) is 10.0 Å². The van der Waals surface area contributed by atoms with Crippen molar-refractivity contribution < 1.29 is 13.2 Å². The zero-order chi connectivity index (χ0) is 23.9. The van der Waals surface area contributed by atoms with Gasteiger partial charge in [-0.25, -0.2) is 18.4 Å². The first-order valence-corrected chi connectivity index (χ1v) is 13.0. The van der Waals surface area contributed by atoms with Crippen LogP contribution in [0.3, 0.4) is 0 Å². The summed E-state index contributed by atoms with van der Waals surface area (Å²) in [6.07, 6.45) is 2.99. The maximum Gasteiger partial charge on any atom is 0.243 e. The van der Waals surface area contributed by atoms with Crippen molar-refractivity contribution in [2.75, 3.05) is 20.2 Å². The molecular weight excluding hydrogens is 495 g/mol. The summed E-state index contributed by atoms with van der Waals surface area (Å²) in [6, 6.07) is 15.9. The van der Waals surface area contributed by atoms with E-state index in [1.807, 2.05) is 36.4 Å². The summed E-state index contributed by atoms with van der Waals surface area (Å²) in [7, 11) is -2.18. The molecule has 1 aliphatic rings. The van der Waals surface area contributed by atoms with Gasteiger partial charge in [-0.15, -0.1) is 0 Å². The van der Waals surface area contributed by atoms with Gasteiger partial charge >= 0.3 is 0 Å². The van der Waals surface area contributed by atoms with E-state index in [1.54, 1.807) is 12.3 Å². The molecule has 10 heteroatoms. The predicted molar refractivity (Wildman–Crippen MR) is 133 cm³/mol. The molecule has 0 radical (unpaired) electrons. The van der Waals surface area contributed by atoms with Crippen molar-refractivity contribution in [2.24, 2.45) is 0 Å². The van der Waals surface area contributed by atoms with Crippen LogP contribution >= 0.6 is 23.2 Å². The van der Waals surface area contributed by atoms with Gasteiger partial charge < -0.3 is 9.30 Å². The van der Waals surface area contributed by atoms with E-state index in [0.717, 1.165) is 22.6 Å². The van der Waals surface area contributed by atoms with Gasteiger partial charge in [-0.2, -0.15) is 4.31 Å². The lowest BCUT2D eigenvalue weighted by atomic mass is 10.1. The average molecular weight is 517 g/mol. The smallest absolute Gasteiger partial charge is 0.243 e. The number of methoxy groups -OCH3 is 1. The molecule has 34 heavy (non-hydrogen) atoms. The molecule has 0 aliphatic carbocycles. The standard InChI is InChI=1S/C24H22Cl2N4O3S/c1-33-22-8-7-19(15-20(22)26)34(31,32)29-12-9-18(10-13-29)30-23(16-4-2-5-17(25)14-16)28-21-6-3-11-27-24(21)30/h2-8,11,14-15,18H,9-10,12-13H2,1H3. The first kappa shape index (κ1) is 23.1. The third kappa shape index (κ3) is 4.15. The number of piperidine rings is 1. The number of halogens is 2. The molecule has 2 aromatic carbocycles. The van der Waals surface area contributed by atoms with E-state index in [0.29, 0.717) is 36.7 Å². The van der Waals surface area contributed by atoms with E-state index in [9.17, 15) is 8.42 Å². The van der Waals surface area contributed by atoms with Crippen molar-refractivity contribution >= 4 is 44.4 Å². The highest BCUT2D eigenvalue weighted by atomic mass is 35.5. The minimum atomic E-state index is -3.68. The molecule has 3 heterocycles. The van der Waals surface area contributed by atoms with Crippen LogP contribution in [0.15, 0.2) is 65.7 Å². The molecular formula is C24H22Cl2N4O3S. The molecule has 0 bridgehead atoms. The van der Waals surface area contributed by atoms with Crippen LogP contribution in [-0.4, -0.2) is 47.5 Å². The highest BCUT2D eigenvalue weighted by Crippen LogP contribution is 2.35. The van der Waals surface area contributed by atoms with Crippen molar-refractivity contribution in [1.82, 2.24) is 18.8 Å². The monoisotopic (exact) mass is 516 g/mol. The number of pyridine rings is 1. The Morgan fingerprint density at radius 2 is 1.82 bits per heavy atom. The second-order valence-corrected chi connectivity index (χ2v) is 10.9. The van der Waals surface area contributed by atoms with Gasteiger partial charge in [-0.1, -0.05) is 35.3 Å². The second-order valence-electron chi connectivity index (χ2n) is 8.09. The van der Waals surface area contributed by atoms with Gasteiger partial charge in [0.2, 0.25) is 10.0 Å².